The quantitative estimate of drug-likeness (QED) is 0.135. The second kappa shape index (κ2) is 17.3. The maximum absolute atomic E-state index is 13.6. The minimum absolute atomic E-state index is 0.0652. The van der Waals surface area contributed by atoms with Gasteiger partial charge in [-0.3, -0.25) is 24.6 Å². The van der Waals surface area contributed by atoms with Crippen molar-refractivity contribution in [1.29, 1.82) is 0 Å². The van der Waals surface area contributed by atoms with Gasteiger partial charge >= 0.3 is 0 Å². The van der Waals surface area contributed by atoms with Crippen LogP contribution in [0.3, 0.4) is 0 Å². The molecular formula is C44H52N6O7S. The van der Waals surface area contributed by atoms with E-state index in [9.17, 15) is 9.59 Å². The zero-order chi connectivity index (χ0) is 41.1. The van der Waals surface area contributed by atoms with Crippen LogP contribution in [0.2, 0.25) is 0 Å². The van der Waals surface area contributed by atoms with E-state index in [2.05, 4.69) is 43.5 Å². The number of ether oxygens (including phenoxy) is 5. The van der Waals surface area contributed by atoms with Crippen molar-refractivity contribution in [2.75, 3.05) is 54.1 Å². The lowest BCUT2D eigenvalue weighted by molar-refractivity contribution is 0.0769. The van der Waals surface area contributed by atoms with E-state index in [4.69, 9.17) is 38.7 Å². The number of methoxy groups -OCH3 is 2. The van der Waals surface area contributed by atoms with Gasteiger partial charge in [-0.2, -0.15) is 12.6 Å². The lowest BCUT2D eigenvalue weighted by atomic mass is 10.1. The number of allylic oxidation sites excluding steroid dienone is 2. The molecule has 0 spiro atoms. The van der Waals surface area contributed by atoms with Gasteiger partial charge in [-0.25, -0.2) is 0 Å². The average Bonchev–Trinajstić information content (AvgIpc) is 3.77. The summed E-state index contributed by atoms with van der Waals surface area (Å²) in [6.45, 7) is 11.3. The summed E-state index contributed by atoms with van der Waals surface area (Å²) >= 11 is 4.67. The first kappa shape index (κ1) is 40.8. The van der Waals surface area contributed by atoms with Gasteiger partial charge in [0.1, 0.15) is 25.6 Å². The molecular weight excluding hydrogens is 757 g/mol. The third-order valence-corrected chi connectivity index (χ3v) is 10.8. The number of pyridine rings is 1. The molecule has 306 valence electrons. The molecule has 0 radical (unpaired) electrons. The van der Waals surface area contributed by atoms with E-state index in [0.29, 0.717) is 88.9 Å². The van der Waals surface area contributed by atoms with E-state index in [-0.39, 0.29) is 41.9 Å². The monoisotopic (exact) mass is 808 g/mol. The number of rotatable bonds is 14. The van der Waals surface area contributed by atoms with Crippen molar-refractivity contribution in [2.24, 2.45) is 9.98 Å². The Morgan fingerprint density at radius 1 is 0.759 bits per heavy atom. The molecule has 2 atom stereocenters. The molecule has 58 heavy (non-hydrogen) atoms. The van der Waals surface area contributed by atoms with E-state index >= 15 is 0 Å². The zero-order valence-electron chi connectivity index (χ0n) is 34.3. The van der Waals surface area contributed by atoms with Gasteiger partial charge in [-0.15, -0.1) is 0 Å². The van der Waals surface area contributed by atoms with Crippen LogP contribution in [0.1, 0.15) is 72.6 Å². The first-order valence-corrected chi connectivity index (χ1v) is 20.0. The fraction of sp³-hybridized carbons (Fsp3) is 0.432. The smallest absolute Gasteiger partial charge is 0.257 e. The van der Waals surface area contributed by atoms with Gasteiger partial charge in [-0.1, -0.05) is 23.3 Å². The number of likely N-dealkylation sites (N-methyl/N-ethyl adjacent to an activating group) is 1. The summed E-state index contributed by atoms with van der Waals surface area (Å²) in [4.78, 5) is 47.4. The van der Waals surface area contributed by atoms with Crippen LogP contribution in [0.25, 0.3) is 0 Å². The number of hydrogen-bond donors (Lipinski definition) is 1. The summed E-state index contributed by atoms with van der Waals surface area (Å²) in [6, 6.07) is 10.4. The molecule has 2 fully saturated rings. The molecule has 0 saturated carbocycles. The van der Waals surface area contributed by atoms with Crippen LogP contribution < -0.4 is 23.7 Å². The highest BCUT2D eigenvalue weighted by Gasteiger charge is 2.36. The molecule has 4 aliphatic heterocycles. The SMILES string of the molecule is CC=C1CC2C=Nc3cc(OCc4cc(OCCN(C)CC(C)(C)S)cc(COc5cc6c(cc5OC)C(=O)N5CC(=CC)CC5C=N6)n4)c(OC)cc3C(=O)N2C1. The second-order valence-corrected chi connectivity index (χ2v) is 16.9. The number of carbonyl (C=O) groups excluding carboxylic acids is 2. The van der Waals surface area contributed by atoms with Crippen molar-refractivity contribution in [3.63, 3.8) is 0 Å². The Kier molecular flexibility index (Phi) is 12.1. The maximum atomic E-state index is 13.6. The van der Waals surface area contributed by atoms with Crippen LogP contribution in [0, 0.1) is 0 Å². The largest absolute Gasteiger partial charge is 0.493 e. The van der Waals surface area contributed by atoms with E-state index in [1.54, 1.807) is 38.5 Å². The molecule has 0 N–H and O–H groups in total. The summed E-state index contributed by atoms with van der Waals surface area (Å²) in [5.41, 5.74) is 5.57. The molecule has 2 saturated heterocycles. The van der Waals surface area contributed by atoms with Crippen LogP contribution in [-0.4, -0.2) is 115 Å². The number of aliphatic imine (C=N–C) groups is 2. The van der Waals surface area contributed by atoms with Crippen molar-refractivity contribution in [3.8, 4) is 28.7 Å². The molecule has 2 unspecified atom stereocenters. The number of amides is 2. The van der Waals surface area contributed by atoms with Crippen LogP contribution in [0.4, 0.5) is 11.4 Å². The Morgan fingerprint density at radius 2 is 1.24 bits per heavy atom. The number of hydrogen-bond acceptors (Lipinski definition) is 12. The molecule has 13 nitrogen and oxygen atoms in total. The highest BCUT2D eigenvalue weighted by Crippen LogP contribution is 2.41. The summed E-state index contributed by atoms with van der Waals surface area (Å²) < 4.78 is 30.2. The Labute approximate surface area is 345 Å². The van der Waals surface area contributed by atoms with Gasteiger partial charge in [0.25, 0.3) is 11.8 Å². The average molecular weight is 809 g/mol. The molecule has 2 aromatic carbocycles. The van der Waals surface area contributed by atoms with E-state index in [1.807, 2.05) is 55.3 Å². The van der Waals surface area contributed by atoms with Gasteiger partial charge < -0.3 is 38.4 Å². The Hall–Kier alpha value is -5.34. The van der Waals surface area contributed by atoms with E-state index in [1.165, 1.54) is 11.1 Å². The summed E-state index contributed by atoms with van der Waals surface area (Å²) in [5, 5.41) is 0. The highest BCUT2D eigenvalue weighted by atomic mass is 32.1. The molecule has 1 aromatic heterocycles. The predicted octanol–water partition coefficient (Wildman–Crippen LogP) is 7.03. The number of nitrogens with zero attached hydrogens (tertiary/aromatic N) is 6. The lowest BCUT2D eigenvalue weighted by Crippen LogP contribution is -2.35. The molecule has 5 heterocycles. The zero-order valence-corrected chi connectivity index (χ0v) is 35.2. The molecule has 14 heteroatoms. The number of fused-ring (bicyclic) bond motifs is 4. The number of thiol groups is 1. The molecule has 4 aliphatic rings. The lowest BCUT2D eigenvalue weighted by Gasteiger charge is -2.25. The van der Waals surface area contributed by atoms with Crippen molar-refractivity contribution >= 4 is 48.2 Å². The van der Waals surface area contributed by atoms with E-state index in [0.717, 1.165) is 19.4 Å². The van der Waals surface area contributed by atoms with Gasteiger partial charge in [0, 0.05) is 67.6 Å². The van der Waals surface area contributed by atoms with Gasteiger partial charge in [0.15, 0.2) is 23.0 Å². The first-order valence-electron chi connectivity index (χ1n) is 19.6. The van der Waals surface area contributed by atoms with Crippen LogP contribution in [0.15, 0.2) is 69.7 Å². The standard InChI is InChI=1S/C44H52N6O7S/c1-8-27-12-31-20-45-36-18-40(38(53-6)16-34(36)42(51)49(31)22-27)56-24-29-14-33(55-11-10-48(5)26-44(3,4)58)15-30(47-29)25-57-41-19-37-35(17-39(41)54-7)43(52)50-23-28(9-2)13-32(50)21-46-37/h8-9,14-21,31-32,58H,10-13,22-26H2,1-7H3. The molecule has 3 aromatic rings. The first-order chi connectivity index (χ1) is 27.9. The fourth-order valence-electron chi connectivity index (χ4n) is 7.74. The van der Waals surface area contributed by atoms with Crippen LogP contribution in [-0.2, 0) is 13.2 Å². The number of carbonyl (C=O) groups is 2. The number of aromatic nitrogens is 1. The number of benzene rings is 2. The minimum atomic E-state index is -0.148. The van der Waals surface area contributed by atoms with Crippen LogP contribution >= 0.6 is 12.6 Å². The van der Waals surface area contributed by atoms with Crippen LogP contribution in [0.5, 0.6) is 28.7 Å². The minimum Gasteiger partial charge on any atom is -0.493 e. The van der Waals surface area contributed by atoms with Crippen molar-refractivity contribution < 1.29 is 33.3 Å². The molecule has 0 bridgehead atoms. The molecule has 7 rings (SSSR count). The third kappa shape index (κ3) is 9.02. The fourth-order valence-corrected chi connectivity index (χ4v) is 7.98. The maximum Gasteiger partial charge on any atom is 0.257 e. The Balaban J connectivity index is 1.12. The van der Waals surface area contributed by atoms with Gasteiger partial charge in [-0.05, 0) is 59.7 Å². The summed E-state index contributed by atoms with van der Waals surface area (Å²) in [5.74, 6) is 2.10. The highest BCUT2D eigenvalue weighted by molar-refractivity contribution is 7.81. The summed E-state index contributed by atoms with van der Waals surface area (Å²) in [6.07, 6.45) is 9.34. The third-order valence-electron chi connectivity index (χ3n) is 10.7. The topological polar surface area (TPSA) is 128 Å². The van der Waals surface area contributed by atoms with Crippen molar-refractivity contribution in [2.45, 2.75) is 70.6 Å². The van der Waals surface area contributed by atoms with Crippen molar-refractivity contribution in [3.05, 3.63) is 82.2 Å². The van der Waals surface area contributed by atoms with Crippen molar-refractivity contribution in [1.82, 2.24) is 19.7 Å². The van der Waals surface area contributed by atoms with Gasteiger partial charge in [0.05, 0.1) is 60.2 Å². The predicted molar refractivity (Wildman–Crippen MR) is 228 cm³/mol. The second-order valence-electron chi connectivity index (χ2n) is 15.7. The molecule has 0 aliphatic carbocycles. The summed E-state index contributed by atoms with van der Waals surface area (Å²) in [7, 11) is 5.13. The normalized spacial score (nSPS) is 19.9. The van der Waals surface area contributed by atoms with Gasteiger partial charge in [0.2, 0.25) is 0 Å². The van der Waals surface area contributed by atoms with E-state index < -0.39 is 0 Å². The molecule has 2 amide bonds. The Morgan fingerprint density at radius 3 is 1.67 bits per heavy atom. The Bertz CT molecular complexity index is 2060.